The average Bonchev–Trinajstić information content (AvgIpc) is 2.43. The number of hydrogen-bond donors (Lipinski definition) is 1. The summed E-state index contributed by atoms with van der Waals surface area (Å²) in [4.78, 5) is 23.8. The smallest absolute Gasteiger partial charge is 0.358 e. The molecule has 0 spiro atoms. The summed E-state index contributed by atoms with van der Waals surface area (Å²) in [6.45, 7) is 4.80. The number of carbonyl (C=O) groups is 1. The normalized spacial score (nSPS) is 20.7. The number of hydrogen-bond acceptors (Lipinski definition) is 5. The van der Waals surface area contributed by atoms with E-state index in [1.54, 1.807) is 6.20 Å². The number of aromatic carboxylic acids is 1. The van der Waals surface area contributed by atoms with Crippen molar-refractivity contribution in [3.05, 3.63) is 18.1 Å². The van der Waals surface area contributed by atoms with Crippen molar-refractivity contribution in [3.63, 3.8) is 0 Å². The highest BCUT2D eigenvalue weighted by molar-refractivity contribution is 5.90. The number of carboxylic acids is 1. The standard InChI is InChI=1S/C14H20N4O2/c19-14(20)12-13(16-5-4-15-12)18-8-6-17(7-9-18)10-11-2-1-3-11/h4-5,11H,1-3,6-10H2,(H,19,20). The van der Waals surface area contributed by atoms with E-state index in [0.29, 0.717) is 5.82 Å². The van der Waals surface area contributed by atoms with E-state index < -0.39 is 5.97 Å². The zero-order valence-corrected chi connectivity index (χ0v) is 11.5. The van der Waals surface area contributed by atoms with Crippen LogP contribution in [-0.4, -0.2) is 58.7 Å². The Labute approximate surface area is 118 Å². The molecule has 2 aliphatic rings. The minimum atomic E-state index is -1.01. The second kappa shape index (κ2) is 5.75. The molecule has 6 heteroatoms. The van der Waals surface area contributed by atoms with E-state index in [0.717, 1.165) is 32.1 Å². The van der Waals surface area contributed by atoms with Gasteiger partial charge in [-0.1, -0.05) is 6.42 Å². The topological polar surface area (TPSA) is 69.6 Å². The molecular formula is C14H20N4O2. The molecule has 0 unspecified atom stereocenters. The lowest BCUT2D eigenvalue weighted by Crippen LogP contribution is -2.49. The van der Waals surface area contributed by atoms with Gasteiger partial charge in [-0.25, -0.2) is 14.8 Å². The van der Waals surface area contributed by atoms with Gasteiger partial charge in [-0.15, -0.1) is 0 Å². The molecule has 108 valence electrons. The molecule has 1 saturated heterocycles. The minimum absolute atomic E-state index is 0.0555. The van der Waals surface area contributed by atoms with Crippen LogP contribution in [0.4, 0.5) is 5.82 Å². The van der Waals surface area contributed by atoms with Crippen LogP contribution in [0.15, 0.2) is 12.4 Å². The van der Waals surface area contributed by atoms with Gasteiger partial charge in [0.25, 0.3) is 0 Å². The monoisotopic (exact) mass is 276 g/mol. The first-order valence-corrected chi connectivity index (χ1v) is 7.25. The molecule has 0 radical (unpaired) electrons. The highest BCUT2D eigenvalue weighted by atomic mass is 16.4. The van der Waals surface area contributed by atoms with Crippen molar-refractivity contribution in [1.82, 2.24) is 14.9 Å². The van der Waals surface area contributed by atoms with Crippen LogP contribution in [0, 0.1) is 5.92 Å². The Hall–Kier alpha value is -1.69. The van der Waals surface area contributed by atoms with Crippen LogP contribution in [0.3, 0.4) is 0 Å². The molecule has 2 heterocycles. The lowest BCUT2D eigenvalue weighted by molar-refractivity contribution is 0.0690. The molecular weight excluding hydrogens is 256 g/mol. The third-order valence-corrected chi connectivity index (χ3v) is 4.29. The molecule has 0 atom stereocenters. The first-order valence-electron chi connectivity index (χ1n) is 7.25. The molecule has 2 fully saturated rings. The highest BCUT2D eigenvalue weighted by Crippen LogP contribution is 2.27. The van der Waals surface area contributed by atoms with Gasteiger partial charge >= 0.3 is 5.97 Å². The maximum Gasteiger partial charge on any atom is 0.358 e. The van der Waals surface area contributed by atoms with Crippen LogP contribution in [0.5, 0.6) is 0 Å². The Morgan fingerprint density at radius 3 is 2.50 bits per heavy atom. The predicted octanol–water partition coefficient (Wildman–Crippen LogP) is 1.10. The van der Waals surface area contributed by atoms with Crippen LogP contribution >= 0.6 is 0 Å². The summed E-state index contributed by atoms with van der Waals surface area (Å²) in [5.41, 5.74) is 0.0555. The lowest BCUT2D eigenvalue weighted by atomic mass is 9.85. The average molecular weight is 276 g/mol. The van der Waals surface area contributed by atoms with Gasteiger partial charge in [-0.2, -0.15) is 0 Å². The molecule has 0 amide bonds. The number of piperazine rings is 1. The van der Waals surface area contributed by atoms with Crippen LogP contribution in [0.2, 0.25) is 0 Å². The molecule has 3 rings (SSSR count). The van der Waals surface area contributed by atoms with Gasteiger partial charge in [0.15, 0.2) is 11.5 Å². The van der Waals surface area contributed by atoms with E-state index in [1.165, 1.54) is 32.0 Å². The summed E-state index contributed by atoms with van der Waals surface area (Å²) in [5, 5.41) is 9.17. The van der Waals surface area contributed by atoms with Crippen LogP contribution < -0.4 is 4.90 Å². The van der Waals surface area contributed by atoms with Gasteiger partial charge < -0.3 is 10.0 Å². The van der Waals surface area contributed by atoms with E-state index in [-0.39, 0.29) is 5.69 Å². The fourth-order valence-corrected chi connectivity index (χ4v) is 2.90. The van der Waals surface area contributed by atoms with Crippen molar-refractivity contribution in [2.75, 3.05) is 37.6 Å². The van der Waals surface area contributed by atoms with Gasteiger partial charge in [0.2, 0.25) is 0 Å². The number of carboxylic acid groups (broad SMARTS) is 1. The predicted molar refractivity (Wildman–Crippen MR) is 75.0 cm³/mol. The van der Waals surface area contributed by atoms with Crippen molar-refractivity contribution < 1.29 is 9.90 Å². The van der Waals surface area contributed by atoms with E-state index in [4.69, 9.17) is 5.11 Å². The summed E-state index contributed by atoms with van der Waals surface area (Å²) in [6, 6.07) is 0. The van der Waals surface area contributed by atoms with Crippen LogP contribution in [-0.2, 0) is 0 Å². The van der Waals surface area contributed by atoms with Gasteiger partial charge in [0, 0.05) is 45.1 Å². The molecule has 1 aromatic rings. The quantitative estimate of drug-likeness (QED) is 0.888. The number of nitrogens with zero attached hydrogens (tertiary/aromatic N) is 4. The van der Waals surface area contributed by atoms with Crippen molar-refractivity contribution in [1.29, 1.82) is 0 Å². The summed E-state index contributed by atoms with van der Waals surface area (Å²) < 4.78 is 0. The van der Waals surface area contributed by atoms with Crippen molar-refractivity contribution in [2.45, 2.75) is 19.3 Å². The first-order chi connectivity index (χ1) is 9.74. The molecule has 1 aliphatic heterocycles. The molecule has 1 N–H and O–H groups in total. The Kier molecular flexibility index (Phi) is 3.82. The maximum atomic E-state index is 11.2. The fraction of sp³-hybridized carbons (Fsp3) is 0.643. The number of aromatic nitrogens is 2. The Morgan fingerprint density at radius 1 is 1.20 bits per heavy atom. The molecule has 1 saturated carbocycles. The molecule has 1 aromatic heterocycles. The van der Waals surface area contributed by atoms with E-state index in [2.05, 4.69) is 14.9 Å². The summed E-state index contributed by atoms with van der Waals surface area (Å²) in [5.74, 6) is 0.376. The van der Waals surface area contributed by atoms with Gasteiger partial charge in [0.05, 0.1) is 0 Å². The van der Waals surface area contributed by atoms with Crippen LogP contribution in [0.25, 0.3) is 0 Å². The third kappa shape index (κ3) is 2.75. The molecule has 0 aromatic carbocycles. The molecule has 0 bridgehead atoms. The first kappa shape index (κ1) is 13.3. The number of rotatable bonds is 4. The van der Waals surface area contributed by atoms with Crippen LogP contribution in [0.1, 0.15) is 29.8 Å². The molecule has 1 aliphatic carbocycles. The highest BCUT2D eigenvalue weighted by Gasteiger charge is 2.26. The Bertz CT molecular complexity index is 482. The fourth-order valence-electron chi connectivity index (χ4n) is 2.90. The maximum absolute atomic E-state index is 11.2. The Morgan fingerprint density at radius 2 is 1.90 bits per heavy atom. The van der Waals surface area contributed by atoms with Gasteiger partial charge in [-0.05, 0) is 18.8 Å². The van der Waals surface area contributed by atoms with Crippen molar-refractivity contribution in [2.24, 2.45) is 5.92 Å². The largest absolute Gasteiger partial charge is 0.476 e. The summed E-state index contributed by atoms with van der Waals surface area (Å²) >= 11 is 0. The van der Waals surface area contributed by atoms with E-state index in [9.17, 15) is 4.79 Å². The number of anilines is 1. The van der Waals surface area contributed by atoms with Gasteiger partial charge in [0.1, 0.15) is 0 Å². The molecule has 20 heavy (non-hydrogen) atoms. The second-order valence-electron chi connectivity index (χ2n) is 5.62. The van der Waals surface area contributed by atoms with E-state index >= 15 is 0 Å². The SMILES string of the molecule is O=C(O)c1nccnc1N1CCN(CC2CCC2)CC1. The molecule has 6 nitrogen and oxygen atoms in total. The van der Waals surface area contributed by atoms with E-state index in [1.807, 2.05) is 4.90 Å². The lowest BCUT2D eigenvalue weighted by Gasteiger charge is -2.39. The summed E-state index contributed by atoms with van der Waals surface area (Å²) in [7, 11) is 0. The summed E-state index contributed by atoms with van der Waals surface area (Å²) in [6.07, 6.45) is 7.11. The van der Waals surface area contributed by atoms with Crippen molar-refractivity contribution in [3.8, 4) is 0 Å². The Balaban J connectivity index is 1.61. The zero-order chi connectivity index (χ0) is 13.9. The van der Waals surface area contributed by atoms with Gasteiger partial charge in [-0.3, -0.25) is 4.90 Å². The third-order valence-electron chi connectivity index (χ3n) is 4.29. The minimum Gasteiger partial charge on any atom is -0.476 e. The zero-order valence-electron chi connectivity index (χ0n) is 11.5. The van der Waals surface area contributed by atoms with Crippen molar-refractivity contribution >= 4 is 11.8 Å². The second-order valence-corrected chi connectivity index (χ2v) is 5.62.